The highest BCUT2D eigenvalue weighted by Gasteiger charge is 2.37. The fraction of sp³-hybridized carbons (Fsp3) is 1.00. The molecule has 2 aliphatic rings. The molecular formula is C14H28N2. The van der Waals surface area contributed by atoms with E-state index in [1.54, 1.807) is 0 Å². The number of nitrogens with one attached hydrogen (secondary N) is 1. The second-order valence-corrected chi connectivity index (χ2v) is 6.41. The Morgan fingerprint density at radius 3 is 2.44 bits per heavy atom. The van der Waals surface area contributed by atoms with E-state index >= 15 is 0 Å². The zero-order valence-electron chi connectivity index (χ0n) is 11.3. The van der Waals surface area contributed by atoms with Crippen molar-refractivity contribution in [3.05, 3.63) is 0 Å². The van der Waals surface area contributed by atoms with Gasteiger partial charge in [0.25, 0.3) is 0 Å². The van der Waals surface area contributed by atoms with Crippen molar-refractivity contribution in [2.45, 2.75) is 39.0 Å². The molecule has 0 heterocycles. The van der Waals surface area contributed by atoms with Crippen molar-refractivity contribution in [2.75, 3.05) is 33.7 Å². The van der Waals surface area contributed by atoms with Crippen LogP contribution in [0.3, 0.4) is 0 Å². The van der Waals surface area contributed by atoms with Crippen LogP contribution < -0.4 is 5.32 Å². The maximum absolute atomic E-state index is 3.41. The molecule has 0 spiro atoms. The van der Waals surface area contributed by atoms with Crippen LogP contribution in [0.1, 0.15) is 39.0 Å². The first kappa shape index (κ1) is 12.4. The van der Waals surface area contributed by atoms with Crippen LogP contribution in [0.4, 0.5) is 0 Å². The van der Waals surface area contributed by atoms with E-state index in [1.807, 2.05) is 0 Å². The molecule has 2 nitrogen and oxygen atoms in total. The standard InChI is InChI=1S/C14H28N2/c1-12-8-13(12)9-16(3)11-14(10-15-2)6-4-5-7-14/h12-13,15H,4-11H2,1-3H3. The van der Waals surface area contributed by atoms with E-state index in [0.717, 1.165) is 11.8 Å². The average molecular weight is 224 g/mol. The van der Waals surface area contributed by atoms with Crippen molar-refractivity contribution in [1.29, 1.82) is 0 Å². The molecule has 0 saturated heterocycles. The number of nitrogens with zero attached hydrogens (tertiary/aromatic N) is 1. The third kappa shape index (κ3) is 2.98. The molecule has 2 unspecified atom stereocenters. The van der Waals surface area contributed by atoms with E-state index in [1.165, 1.54) is 51.7 Å². The van der Waals surface area contributed by atoms with Gasteiger partial charge in [-0.15, -0.1) is 0 Å². The summed E-state index contributed by atoms with van der Waals surface area (Å²) in [7, 11) is 4.42. The van der Waals surface area contributed by atoms with Gasteiger partial charge >= 0.3 is 0 Å². The molecule has 2 fully saturated rings. The van der Waals surface area contributed by atoms with Crippen LogP contribution in [-0.2, 0) is 0 Å². The van der Waals surface area contributed by atoms with Crippen LogP contribution in [0.25, 0.3) is 0 Å². The highest BCUT2D eigenvalue weighted by Crippen LogP contribution is 2.41. The SMILES string of the molecule is CNCC1(CN(C)CC2CC2C)CCCC1. The highest BCUT2D eigenvalue weighted by molar-refractivity contribution is 4.91. The Labute approximate surface area is 101 Å². The third-order valence-corrected chi connectivity index (χ3v) is 4.64. The Morgan fingerprint density at radius 2 is 1.94 bits per heavy atom. The topological polar surface area (TPSA) is 15.3 Å². The predicted molar refractivity (Wildman–Crippen MR) is 69.6 cm³/mol. The van der Waals surface area contributed by atoms with Crippen molar-refractivity contribution >= 4 is 0 Å². The third-order valence-electron chi connectivity index (χ3n) is 4.64. The summed E-state index contributed by atoms with van der Waals surface area (Å²) >= 11 is 0. The lowest BCUT2D eigenvalue weighted by Crippen LogP contribution is -2.41. The lowest BCUT2D eigenvalue weighted by Gasteiger charge is -2.33. The molecular weight excluding hydrogens is 196 g/mol. The summed E-state index contributed by atoms with van der Waals surface area (Å²) in [6.45, 7) is 6.22. The molecule has 0 aromatic heterocycles. The Kier molecular flexibility index (Phi) is 3.91. The molecule has 2 rings (SSSR count). The largest absolute Gasteiger partial charge is 0.319 e. The first-order chi connectivity index (χ1) is 7.65. The average Bonchev–Trinajstić information content (AvgIpc) is 2.74. The molecule has 2 saturated carbocycles. The molecule has 0 radical (unpaired) electrons. The molecule has 2 atom stereocenters. The van der Waals surface area contributed by atoms with Crippen molar-refractivity contribution < 1.29 is 0 Å². The second-order valence-electron chi connectivity index (χ2n) is 6.41. The van der Waals surface area contributed by atoms with Crippen LogP contribution in [0.5, 0.6) is 0 Å². The first-order valence-corrected chi connectivity index (χ1v) is 6.98. The zero-order chi connectivity index (χ0) is 11.6. The van der Waals surface area contributed by atoms with Gasteiger partial charge in [0.15, 0.2) is 0 Å². The fourth-order valence-corrected chi connectivity index (χ4v) is 3.58. The summed E-state index contributed by atoms with van der Waals surface area (Å²) in [5.41, 5.74) is 0.585. The van der Waals surface area contributed by atoms with E-state index in [0.29, 0.717) is 5.41 Å². The lowest BCUT2D eigenvalue weighted by molar-refractivity contribution is 0.170. The van der Waals surface area contributed by atoms with Gasteiger partial charge in [0.05, 0.1) is 0 Å². The van der Waals surface area contributed by atoms with E-state index in [-0.39, 0.29) is 0 Å². The van der Waals surface area contributed by atoms with Crippen molar-refractivity contribution in [3.63, 3.8) is 0 Å². The molecule has 0 aromatic rings. The van der Waals surface area contributed by atoms with Gasteiger partial charge < -0.3 is 10.2 Å². The highest BCUT2D eigenvalue weighted by atomic mass is 15.1. The summed E-state index contributed by atoms with van der Waals surface area (Å²) in [4.78, 5) is 2.59. The molecule has 94 valence electrons. The maximum atomic E-state index is 3.41. The normalized spacial score (nSPS) is 32.2. The summed E-state index contributed by atoms with van der Waals surface area (Å²) in [6, 6.07) is 0. The molecule has 0 aromatic carbocycles. The van der Waals surface area contributed by atoms with Gasteiger partial charge in [-0.05, 0) is 50.6 Å². The van der Waals surface area contributed by atoms with E-state index in [9.17, 15) is 0 Å². The molecule has 2 aliphatic carbocycles. The Bertz CT molecular complexity index is 221. The van der Waals surface area contributed by atoms with Crippen molar-refractivity contribution in [3.8, 4) is 0 Å². The maximum Gasteiger partial charge on any atom is 0.00472 e. The van der Waals surface area contributed by atoms with Gasteiger partial charge in [-0.3, -0.25) is 0 Å². The smallest absolute Gasteiger partial charge is 0.00472 e. The minimum atomic E-state index is 0.585. The van der Waals surface area contributed by atoms with E-state index in [4.69, 9.17) is 0 Å². The molecule has 0 bridgehead atoms. The molecule has 16 heavy (non-hydrogen) atoms. The minimum absolute atomic E-state index is 0.585. The van der Waals surface area contributed by atoms with Crippen LogP contribution in [0.2, 0.25) is 0 Å². The van der Waals surface area contributed by atoms with Crippen LogP contribution in [0, 0.1) is 17.3 Å². The van der Waals surface area contributed by atoms with Crippen molar-refractivity contribution in [1.82, 2.24) is 10.2 Å². The lowest BCUT2D eigenvalue weighted by atomic mass is 9.85. The van der Waals surface area contributed by atoms with Crippen LogP contribution >= 0.6 is 0 Å². The summed E-state index contributed by atoms with van der Waals surface area (Å²) in [5.74, 6) is 1.99. The minimum Gasteiger partial charge on any atom is -0.319 e. The first-order valence-electron chi connectivity index (χ1n) is 6.98. The summed E-state index contributed by atoms with van der Waals surface area (Å²) < 4.78 is 0. The second kappa shape index (κ2) is 5.05. The molecule has 0 amide bonds. The van der Waals surface area contributed by atoms with Gasteiger partial charge in [0.1, 0.15) is 0 Å². The van der Waals surface area contributed by atoms with E-state index < -0.39 is 0 Å². The Hall–Kier alpha value is -0.0800. The van der Waals surface area contributed by atoms with Crippen LogP contribution in [-0.4, -0.2) is 38.6 Å². The van der Waals surface area contributed by atoms with Crippen LogP contribution in [0.15, 0.2) is 0 Å². The predicted octanol–water partition coefficient (Wildman–Crippen LogP) is 2.35. The molecule has 0 aliphatic heterocycles. The fourth-order valence-electron chi connectivity index (χ4n) is 3.58. The summed E-state index contributed by atoms with van der Waals surface area (Å²) in [5, 5.41) is 3.41. The quantitative estimate of drug-likeness (QED) is 0.745. The monoisotopic (exact) mass is 224 g/mol. The number of hydrogen-bond acceptors (Lipinski definition) is 2. The number of rotatable bonds is 6. The molecule has 1 N–H and O–H groups in total. The van der Waals surface area contributed by atoms with E-state index in [2.05, 4.69) is 31.2 Å². The van der Waals surface area contributed by atoms with Gasteiger partial charge in [-0.25, -0.2) is 0 Å². The van der Waals surface area contributed by atoms with Gasteiger partial charge in [0, 0.05) is 19.6 Å². The zero-order valence-corrected chi connectivity index (χ0v) is 11.3. The number of hydrogen-bond donors (Lipinski definition) is 1. The van der Waals surface area contributed by atoms with Gasteiger partial charge in [-0.1, -0.05) is 19.8 Å². The Balaban J connectivity index is 1.80. The van der Waals surface area contributed by atoms with Gasteiger partial charge in [-0.2, -0.15) is 0 Å². The Morgan fingerprint density at radius 1 is 1.31 bits per heavy atom. The van der Waals surface area contributed by atoms with Gasteiger partial charge in [0.2, 0.25) is 0 Å². The molecule has 2 heteroatoms. The summed E-state index contributed by atoms with van der Waals surface area (Å²) in [6.07, 6.45) is 7.20. The van der Waals surface area contributed by atoms with Crippen molar-refractivity contribution in [2.24, 2.45) is 17.3 Å².